The van der Waals surface area contributed by atoms with Gasteiger partial charge in [0.25, 0.3) is 0 Å². The fourth-order valence-electron chi connectivity index (χ4n) is 2.52. The minimum Gasteiger partial charge on any atom is -0.355 e. The fraction of sp³-hybridized carbons (Fsp3) is 0.600. The predicted octanol–water partition coefficient (Wildman–Crippen LogP) is 1.31. The Kier molecular flexibility index (Phi) is 5.76. The van der Waals surface area contributed by atoms with Gasteiger partial charge in [-0.1, -0.05) is 6.92 Å². The van der Waals surface area contributed by atoms with Gasteiger partial charge in [0, 0.05) is 24.0 Å². The van der Waals surface area contributed by atoms with Crippen LogP contribution in [-0.2, 0) is 16.0 Å². The lowest BCUT2D eigenvalue weighted by Crippen LogP contribution is -2.44. The first kappa shape index (κ1) is 16.0. The number of hydrogen-bond donors (Lipinski definition) is 2. The van der Waals surface area contributed by atoms with E-state index in [4.69, 9.17) is 0 Å². The molecule has 5 nitrogen and oxygen atoms in total. The van der Waals surface area contributed by atoms with Gasteiger partial charge in [-0.3, -0.25) is 14.5 Å². The zero-order chi connectivity index (χ0) is 15.2. The zero-order valence-electron chi connectivity index (χ0n) is 12.6. The van der Waals surface area contributed by atoms with Crippen LogP contribution < -0.4 is 10.6 Å². The number of carbonyl (C=O) groups is 2. The summed E-state index contributed by atoms with van der Waals surface area (Å²) < 4.78 is 0. The van der Waals surface area contributed by atoms with Crippen LogP contribution in [0, 0.1) is 0 Å². The molecule has 0 saturated carbocycles. The van der Waals surface area contributed by atoms with Crippen molar-refractivity contribution in [3.8, 4) is 0 Å². The average molecular weight is 309 g/mol. The number of carbonyl (C=O) groups excluding carboxylic acids is 2. The number of fused-ring (bicyclic) bond motifs is 1. The summed E-state index contributed by atoms with van der Waals surface area (Å²) in [7, 11) is 0. The molecule has 1 aliphatic heterocycles. The Hall–Kier alpha value is -1.40. The van der Waals surface area contributed by atoms with E-state index in [0.29, 0.717) is 13.1 Å². The van der Waals surface area contributed by atoms with Crippen LogP contribution in [0.1, 0.15) is 36.8 Å². The molecule has 0 fully saturated rings. The van der Waals surface area contributed by atoms with Crippen LogP contribution in [0.5, 0.6) is 0 Å². The first-order valence-electron chi connectivity index (χ1n) is 7.45. The molecule has 1 aliphatic rings. The SMILES string of the molecule is CCCNC(=O)CNC(=O)CN1CCc2sccc2[C@H]1C. The summed E-state index contributed by atoms with van der Waals surface area (Å²) in [6, 6.07) is 2.41. The Bertz CT molecular complexity index is 501. The highest BCUT2D eigenvalue weighted by atomic mass is 32.1. The van der Waals surface area contributed by atoms with Gasteiger partial charge < -0.3 is 10.6 Å². The van der Waals surface area contributed by atoms with E-state index in [0.717, 1.165) is 19.4 Å². The molecule has 1 aromatic heterocycles. The summed E-state index contributed by atoms with van der Waals surface area (Å²) >= 11 is 1.79. The molecule has 0 aromatic carbocycles. The monoisotopic (exact) mass is 309 g/mol. The maximum atomic E-state index is 12.0. The third-order valence-corrected chi connectivity index (χ3v) is 4.77. The van der Waals surface area contributed by atoms with Crippen LogP contribution in [0.25, 0.3) is 0 Å². The van der Waals surface area contributed by atoms with Gasteiger partial charge in [-0.05, 0) is 36.8 Å². The first-order valence-corrected chi connectivity index (χ1v) is 8.33. The second-order valence-corrected chi connectivity index (χ2v) is 6.32. The first-order chi connectivity index (χ1) is 10.1. The Labute approximate surface area is 129 Å². The van der Waals surface area contributed by atoms with Gasteiger partial charge in [0.2, 0.25) is 11.8 Å². The fourth-order valence-corrected chi connectivity index (χ4v) is 3.49. The van der Waals surface area contributed by atoms with Crippen molar-refractivity contribution in [1.29, 1.82) is 0 Å². The molecule has 0 saturated heterocycles. The van der Waals surface area contributed by atoms with E-state index in [-0.39, 0.29) is 24.4 Å². The lowest BCUT2D eigenvalue weighted by atomic mass is 10.0. The number of thiophene rings is 1. The van der Waals surface area contributed by atoms with Gasteiger partial charge in [-0.2, -0.15) is 0 Å². The van der Waals surface area contributed by atoms with Crippen LogP contribution in [0.4, 0.5) is 0 Å². The van der Waals surface area contributed by atoms with Gasteiger partial charge >= 0.3 is 0 Å². The van der Waals surface area contributed by atoms with Crippen LogP contribution >= 0.6 is 11.3 Å². The van der Waals surface area contributed by atoms with Crippen molar-refractivity contribution in [1.82, 2.24) is 15.5 Å². The molecule has 0 spiro atoms. The summed E-state index contributed by atoms with van der Waals surface area (Å²) in [6.45, 7) is 6.08. The summed E-state index contributed by atoms with van der Waals surface area (Å²) in [5, 5.41) is 7.54. The van der Waals surface area contributed by atoms with Crippen molar-refractivity contribution in [2.24, 2.45) is 0 Å². The van der Waals surface area contributed by atoms with Crippen molar-refractivity contribution in [2.75, 3.05) is 26.2 Å². The lowest BCUT2D eigenvalue weighted by molar-refractivity contribution is -0.127. The molecule has 2 N–H and O–H groups in total. The highest BCUT2D eigenvalue weighted by Crippen LogP contribution is 2.32. The van der Waals surface area contributed by atoms with E-state index in [1.165, 1.54) is 10.4 Å². The molecule has 0 bridgehead atoms. The molecule has 2 amide bonds. The Morgan fingerprint density at radius 2 is 2.19 bits per heavy atom. The topological polar surface area (TPSA) is 61.4 Å². The largest absolute Gasteiger partial charge is 0.355 e. The standard InChI is InChI=1S/C15H23N3O2S/c1-3-6-16-14(19)9-17-15(20)10-18-7-4-13-12(11(18)2)5-8-21-13/h5,8,11H,3-4,6-7,9-10H2,1-2H3,(H,16,19)(H,17,20)/t11-/m1/s1. The Morgan fingerprint density at radius 3 is 2.95 bits per heavy atom. The van der Waals surface area contributed by atoms with Crippen LogP contribution in [0.3, 0.4) is 0 Å². The molecule has 2 heterocycles. The maximum absolute atomic E-state index is 12.0. The zero-order valence-corrected chi connectivity index (χ0v) is 13.5. The van der Waals surface area contributed by atoms with Gasteiger partial charge in [-0.25, -0.2) is 0 Å². The van der Waals surface area contributed by atoms with Gasteiger partial charge in [0.1, 0.15) is 0 Å². The van der Waals surface area contributed by atoms with E-state index >= 15 is 0 Å². The molecule has 116 valence electrons. The molecular weight excluding hydrogens is 286 g/mol. The van der Waals surface area contributed by atoms with Crippen molar-refractivity contribution < 1.29 is 9.59 Å². The predicted molar refractivity (Wildman–Crippen MR) is 84.3 cm³/mol. The molecule has 0 aliphatic carbocycles. The van der Waals surface area contributed by atoms with Crippen molar-refractivity contribution >= 4 is 23.2 Å². The number of hydrogen-bond acceptors (Lipinski definition) is 4. The van der Waals surface area contributed by atoms with Crippen LogP contribution in [0.15, 0.2) is 11.4 Å². The quantitative estimate of drug-likeness (QED) is 0.833. The van der Waals surface area contributed by atoms with E-state index in [9.17, 15) is 9.59 Å². The van der Waals surface area contributed by atoms with E-state index < -0.39 is 0 Å². The molecule has 0 unspecified atom stereocenters. The molecule has 0 radical (unpaired) electrons. The van der Waals surface area contributed by atoms with Gasteiger partial charge in [-0.15, -0.1) is 11.3 Å². The minimum absolute atomic E-state index is 0.0603. The summed E-state index contributed by atoms with van der Waals surface area (Å²) in [5.74, 6) is -0.218. The van der Waals surface area contributed by atoms with Crippen LogP contribution in [0.2, 0.25) is 0 Å². The highest BCUT2D eigenvalue weighted by Gasteiger charge is 2.26. The number of amides is 2. The summed E-state index contributed by atoms with van der Waals surface area (Å²) in [6.07, 6.45) is 1.90. The molecule has 1 aromatic rings. The third kappa shape index (κ3) is 4.28. The second-order valence-electron chi connectivity index (χ2n) is 5.32. The van der Waals surface area contributed by atoms with Crippen molar-refractivity contribution in [3.05, 3.63) is 21.9 Å². The molecular formula is C15H23N3O2S. The van der Waals surface area contributed by atoms with Crippen LogP contribution in [-0.4, -0.2) is 42.9 Å². The minimum atomic E-state index is -0.128. The second kappa shape index (κ2) is 7.56. The molecule has 21 heavy (non-hydrogen) atoms. The lowest BCUT2D eigenvalue weighted by Gasteiger charge is -2.32. The van der Waals surface area contributed by atoms with E-state index in [1.54, 1.807) is 11.3 Å². The third-order valence-electron chi connectivity index (χ3n) is 3.77. The highest BCUT2D eigenvalue weighted by molar-refractivity contribution is 7.10. The molecule has 6 heteroatoms. The molecule has 2 rings (SSSR count). The number of nitrogens with zero attached hydrogens (tertiary/aromatic N) is 1. The summed E-state index contributed by atoms with van der Waals surface area (Å²) in [5.41, 5.74) is 1.33. The average Bonchev–Trinajstić information content (AvgIpc) is 2.95. The molecule has 1 atom stereocenters. The van der Waals surface area contributed by atoms with E-state index in [1.807, 2.05) is 6.92 Å². The van der Waals surface area contributed by atoms with E-state index in [2.05, 4.69) is 33.9 Å². The normalized spacial score (nSPS) is 18.1. The Morgan fingerprint density at radius 1 is 1.38 bits per heavy atom. The maximum Gasteiger partial charge on any atom is 0.239 e. The van der Waals surface area contributed by atoms with Gasteiger partial charge in [0.05, 0.1) is 13.1 Å². The summed E-state index contributed by atoms with van der Waals surface area (Å²) in [4.78, 5) is 27.0. The number of rotatable bonds is 6. The smallest absolute Gasteiger partial charge is 0.239 e. The number of nitrogens with one attached hydrogen (secondary N) is 2. The Balaban J connectivity index is 1.77. The van der Waals surface area contributed by atoms with Gasteiger partial charge in [0.15, 0.2) is 0 Å². The van der Waals surface area contributed by atoms with Crippen molar-refractivity contribution in [2.45, 2.75) is 32.7 Å². The van der Waals surface area contributed by atoms with Crippen molar-refractivity contribution in [3.63, 3.8) is 0 Å².